The molecule has 25 heteroatoms. The molecule has 5 rings (SSSR count). The minimum Gasteiger partial charge on any atom is -0.465 e. The van der Waals surface area contributed by atoms with E-state index in [9.17, 15) is 43.2 Å². The second-order valence-corrected chi connectivity index (χ2v) is 22.1. The Morgan fingerprint density at radius 1 is 0.562 bits per heavy atom. The normalized spacial score (nSPS) is 36.5. The van der Waals surface area contributed by atoms with Crippen molar-refractivity contribution in [2.75, 3.05) is 20.3 Å². The molecule has 0 amide bonds. The fourth-order valence-corrected chi connectivity index (χ4v) is 11.6. The van der Waals surface area contributed by atoms with Crippen LogP contribution in [0.2, 0.25) is 0 Å². The maximum atomic E-state index is 14.6. The third-order valence-electron chi connectivity index (χ3n) is 15.6. The van der Waals surface area contributed by atoms with E-state index in [1.165, 1.54) is 27.7 Å². The van der Waals surface area contributed by atoms with Gasteiger partial charge in [0.05, 0.1) is 19.8 Å². The highest BCUT2D eigenvalue weighted by Gasteiger charge is 2.66. The van der Waals surface area contributed by atoms with Gasteiger partial charge in [0.1, 0.15) is 55.4 Å². The van der Waals surface area contributed by atoms with Crippen LogP contribution in [0.1, 0.15) is 136 Å². The van der Waals surface area contributed by atoms with E-state index in [1.807, 2.05) is 41.5 Å². The Kier molecular flexibility index (Phi) is 22.9. The number of methoxy groups -OCH3 is 1. The van der Waals surface area contributed by atoms with Gasteiger partial charge in [-0.3, -0.25) is 33.6 Å². The van der Waals surface area contributed by atoms with Crippen molar-refractivity contribution >= 4 is 53.7 Å². The van der Waals surface area contributed by atoms with Crippen molar-refractivity contribution in [1.82, 2.24) is 0 Å². The van der Waals surface area contributed by atoms with Crippen molar-refractivity contribution in [3.8, 4) is 0 Å². The van der Waals surface area contributed by atoms with E-state index in [0.29, 0.717) is 0 Å². The molecule has 0 aromatic carbocycles. The molecular formula is C55H84O25. The van der Waals surface area contributed by atoms with Crippen LogP contribution in [0, 0.1) is 35.5 Å². The lowest BCUT2D eigenvalue weighted by molar-refractivity contribution is -0.402. The fourth-order valence-electron chi connectivity index (χ4n) is 11.6. The SMILES string of the molecule is CC[C@@H](OC(C)=O)[C@H](OC(C)=O)C1O[C@@]2(C[C@@H](C)[C@H]1C)O[C@@H]1C(OC(C)=O)[C@H](O[C@H]3C(OC(C)=O)C(CO[C@]4(C(=O)OC)C[C@@H](C)[C@@H](C)C([C@@H](OC(C)=O)[C@@H](CC)OC(C)=O)O4)OC(C(C)C)[C@H]3C)OC(COC(C)=O)[C@@H]1OC2=O. The number of ether oxygens (including phenoxy) is 16. The third-order valence-corrected chi connectivity index (χ3v) is 15.6. The first-order chi connectivity index (χ1) is 37.4. The molecular weight excluding hydrogens is 1060 g/mol. The van der Waals surface area contributed by atoms with Crippen molar-refractivity contribution in [2.24, 2.45) is 35.5 Å². The van der Waals surface area contributed by atoms with Crippen LogP contribution < -0.4 is 0 Å². The second-order valence-electron chi connectivity index (χ2n) is 22.1. The molecule has 5 aliphatic heterocycles. The highest BCUT2D eigenvalue weighted by Crippen LogP contribution is 2.48. The molecule has 80 heavy (non-hydrogen) atoms. The zero-order chi connectivity index (χ0) is 59.9. The number of hydrogen-bond donors (Lipinski definition) is 0. The van der Waals surface area contributed by atoms with Crippen LogP contribution in [-0.2, 0) is 119 Å². The molecule has 7 unspecified atom stereocenters. The summed E-state index contributed by atoms with van der Waals surface area (Å²) in [6.45, 7) is 23.4. The first-order valence-corrected chi connectivity index (χ1v) is 27.5. The molecule has 5 fully saturated rings. The van der Waals surface area contributed by atoms with Crippen LogP contribution in [0.5, 0.6) is 0 Å². The fraction of sp³-hybridized carbons (Fsp3) is 0.836. The molecule has 5 saturated heterocycles. The predicted octanol–water partition coefficient (Wildman–Crippen LogP) is 4.14. The Labute approximate surface area is 467 Å². The van der Waals surface area contributed by atoms with Crippen molar-refractivity contribution in [3.63, 3.8) is 0 Å². The van der Waals surface area contributed by atoms with E-state index in [-0.39, 0.29) is 37.5 Å². The molecule has 25 nitrogen and oxygen atoms in total. The maximum absolute atomic E-state index is 14.6. The molecule has 0 N–H and O–H groups in total. The summed E-state index contributed by atoms with van der Waals surface area (Å²) in [4.78, 5) is 118. The zero-order valence-electron chi connectivity index (χ0n) is 49.1. The molecule has 0 aliphatic carbocycles. The van der Waals surface area contributed by atoms with Crippen molar-refractivity contribution in [3.05, 3.63) is 0 Å². The van der Waals surface area contributed by atoms with E-state index in [0.717, 1.165) is 27.9 Å². The van der Waals surface area contributed by atoms with Crippen LogP contribution in [0.3, 0.4) is 0 Å². The molecule has 5 heterocycles. The minimum atomic E-state index is -2.28. The highest BCUT2D eigenvalue weighted by atomic mass is 16.8. The van der Waals surface area contributed by atoms with Gasteiger partial charge in [0, 0.05) is 67.2 Å². The quantitative estimate of drug-likeness (QED) is 0.115. The van der Waals surface area contributed by atoms with E-state index >= 15 is 0 Å². The van der Waals surface area contributed by atoms with E-state index in [2.05, 4.69) is 0 Å². The van der Waals surface area contributed by atoms with Gasteiger partial charge in [-0.2, -0.15) is 0 Å². The summed E-state index contributed by atoms with van der Waals surface area (Å²) in [5, 5.41) is 0. The van der Waals surface area contributed by atoms with Crippen LogP contribution in [0.25, 0.3) is 0 Å². The molecule has 0 radical (unpaired) electrons. The summed E-state index contributed by atoms with van der Waals surface area (Å²) in [6.07, 6.45) is -18.8. The Balaban J connectivity index is 1.59. The lowest BCUT2D eigenvalue weighted by Gasteiger charge is -2.55. The summed E-state index contributed by atoms with van der Waals surface area (Å²) in [6, 6.07) is 0. The van der Waals surface area contributed by atoms with Gasteiger partial charge < -0.3 is 75.8 Å². The third kappa shape index (κ3) is 15.3. The van der Waals surface area contributed by atoms with Gasteiger partial charge >= 0.3 is 53.7 Å². The van der Waals surface area contributed by atoms with Gasteiger partial charge in [0.25, 0.3) is 11.6 Å². The number of carbonyl (C=O) groups is 9. The van der Waals surface area contributed by atoms with Crippen molar-refractivity contribution in [2.45, 2.75) is 240 Å². The van der Waals surface area contributed by atoms with Gasteiger partial charge in [-0.15, -0.1) is 0 Å². The first kappa shape index (κ1) is 65.8. The summed E-state index contributed by atoms with van der Waals surface area (Å²) < 4.78 is 98.5. The summed E-state index contributed by atoms with van der Waals surface area (Å²) >= 11 is 0. The van der Waals surface area contributed by atoms with Crippen molar-refractivity contribution in [1.29, 1.82) is 0 Å². The lowest BCUT2D eigenvalue weighted by atomic mass is 9.78. The van der Waals surface area contributed by atoms with Gasteiger partial charge in [0.15, 0.2) is 36.8 Å². The Morgan fingerprint density at radius 2 is 1.07 bits per heavy atom. The Bertz CT molecular complexity index is 2220. The van der Waals surface area contributed by atoms with Crippen LogP contribution in [0.4, 0.5) is 0 Å². The van der Waals surface area contributed by atoms with Gasteiger partial charge in [-0.25, -0.2) is 9.59 Å². The van der Waals surface area contributed by atoms with E-state index < -0.39 is 194 Å². The molecule has 0 saturated carbocycles. The van der Waals surface area contributed by atoms with E-state index in [4.69, 9.17) is 75.8 Å². The lowest BCUT2D eigenvalue weighted by Crippen LogP contribution is -2.72. The summed E-state index contributed by atoms with van der Waals surface area (Å²) in [5.74, 6) is -14.2. The standard InChI is InChI=1S/C55H84O25/c1-18-37(68-31(11)57)45(70-33(13)59)43-27(7)25(5)20-54(78-43,52(63)65-17)67-23-40-47(72-35(15)61)42(29(9)41(74-40)24(3)4)76-51-50(73-36(16)62)49-48(39(75-51)22-66-30(10)56)77-53(64)55(80-49)21-26(6)28(8)44(79-55)46(71-34(14)60)38(19-2)69-32(12)58/h24-29,37-51H,18-23H2,1-17H3/t25-,26-,27-,28-,29-,37-,38-,39?,40?,41?,42-,43?,44?,45+,46+,47?,48+,49+,50?,51+,54-,55+/m1/s1. The number of fused-ring (bicyclic) bond motifs is 1. The van der Waals surface area contributed by atoms with Crippen LogP contribution >= 0.6 is 0 Å². The monoisotopic (exact) mass is 1140 g/mol. The zero-order valence-corrected chi connectivity index (χ0v) is 49.1. The predicted molar refractivity (Wildman–Crippen MR) is 271 cm³/mol. The number of esters is 9. The van der Waals surface area contributed by atoms with Crippen LogP contribution in [0.15, 0.2) is 0 Å². The smallest absolute Gasteiger partial charge is 0.367 e. The number of carbonyl (C=O) groups excluding carboxylic acids is 9. The van der Waals surface area contributed by atoms with Crippen LogP contribution in [-0.4, -0.2) is 177 Å². The Morgan fingerprint density at radius 3 is 1.55 bits per heavy atom. The highest BCUT2D eigenvalue weighted by molar-refractivity contribution is 5.79. The summed E-state index contributed by atoms with van der Waals surface area (Å²) in [5.41, 5.74) is 0. The molecule has 22 atom stereocenters. The second kappa shape index (κ2) is 27.8. The molecule has 5 aliphatic rings. The largest absolute Gasteiger partial charge is 0.465 e. The van der Waals surface area contributed by atoms with Crippen molar-refractivity contribution < 1.29 is 119 Å². The van der Waals surface area contributed by atoms with Gasteiger partial charge in [0.2, 0.25) is 0 Å². The number of hydrogen-bond acceptors (Lipinski definition) is 25. The number of rotatable bonds is 21. The molecule has 0 aromatic heterocycles. The van der Waals surface area contributed by atoms with E-state index in [1.54, 1.807) is 20.8 Å². The Hall–Kier alpha value is -5.05. The van der Waals surface area contributed by atoms with Gasteiger partial charge in [-0.1, -0.05) is 62.3 Å². The topological polar surface area (TPSA) is 301 Å². The summed E-state index contributed by atoms with van der Waals surface area (Å²) in [7, 11) is 1.14. The average molecular weight is 1150 g/mol. The first-order valence-electron chi connectivity index (χ1n) is 27.5. The average Bonchev–Trinajstić information content (AvgIpc) is 3.46. The molecule has 0 aromatic rings. The minimum absolute atomic E-state index is 0.0837. The van der Waals surface area contributed by atoms with Gasteiger partial charge in [-0.05, 0) is 42.4 Å². The molecule has 1 spiro atoms. The molecule has 454 valence electrons. The molecule has 0 bridgehead atoms. The maximum Gasteiger partial charge on any atom is 0.367 e.